The van der Waals surface area contributed by atoms with Gasteiger partial charge in [0.05, 0.1) is 26.4 Å². The highest BCUT2D eigenvalue weighted by Gasteiger charge is 2.03. The molecular formula is C13H19IN2O3. The minimum absolute atomic E-state index is 0.0839. The molecule has 106 valence electrons. The molecule has 0 spiro atoms. The van der Waals surface area contributed by atoms with E-state index >= 15 is 0 Å². The molecule has 1 rings (SSSR count). The van der Waals surface area contributed by atoms with Gasteiger partial charge in [0.25, 0.3) is 5.91 Å². The summed E-state index contributed by atoms with van der Waals surface area (Å²) >= 11 is 2.20. The highest BCUT2D eigenvalue weighted by Crippen LogP contribution is 2.06. The summed E-state index contributed by atoms with van der Waals surface area (Å²) in [6.07, 6.45) is 0. The van der Waals surface area contributed by atoms with E-state index in [2.05, 4.69) is 27.9 Å². The number of carbonyl (C=O) groups excluding carboxylic acids is 1. The molecule has 5 nitrogen and oxygen atoms in total. The molecule has 0 bridgehead atoms. The zero-order valence-corrected chi connectivity index (χ0v) is 12.9. The van der Waals surface area contributed by atoms with Gasteiger partial charge in [-0.25, -0.2) is 0 Å². The number of hydrogen-bond acceptors (Lipinski definition) is 4. The van der Waals surface area contributed by atoms with Crippen molar-refractivity contribution in [2.75, 3.05) is 39.5 Å². The third kappa shape index (κ3) is 7.46. The molecule has 6 heteroatoms. The van der Waals surface area contributed by atoms with Gasteiger partial charge in [-0.3, -0.25) is 4.79 Å². The van der Waals surface area contributed by atoms with Crippen LogP contribution in [0, 0.1) is 3.57 Å². The fraction of sp³-hybridized carbons (Fsp3) is 0.462. The van der Waals surface area contributed by atoms with Crippen LogP contribution in [0.1, 0.15) is 10.4 Å². The Labute approximate surface area is 127 Å². The summed E-state index contributed by atoms with van der Waals surface area (Å²) in [5.74, 6) is -0.0839. The summed E-state index contributed by atoms with van der Waals surface area (Å²) in [5.41, 5.74) is 5.93. The molecular weight excluding hydrogens is 359 g/mol. The quantitative estimate of drug-likeness (QED) is 0.497. The minimum Gasteiger partial charge on any atom is -0.378 e. The third-order valence-corrected chi connectivity index (χ3v) is 2.99. The number of amides is 1. The number of ether oxygens (including phenoxy) is 2. The van der Waals surface area contributed by atoms with E-state index in [0.717, 1.165) is 3.57 Å². The number of carbonyl (C=O) groups is 1. The summed E-state index contributed by atoms with van der Waals surface area (Å²) in [7, 11) is 0. The maximum Gasteiger partial charge on any atom is 0.251 e. The van der Waals surface area contributed by atoms with Crippen LogP contribution in [0.2, 0.25) is 0 Å². The molecule has 1 amide bonds. The van der Waals surface area contributed by atoms with E-state index in [4.69, 9.17) is 15.2 Å². The second-order valence-corrected chi connectivity index (χ2v) is 5.02. The SMILES string of the molecule is NCCOCCOCCNC(=O)c1ccc(I)cc1. The Morgan fingerprint density at radius 2 is 1.74 bits per heavy atom. The summed E-state index contributed by atoms with van der Waals surface area (Å²) < 4.78 is 11.6. The molecule has 0 aliphatic heterocycles. The van der Waals surface area contributed by atoms with Crippen LogP contribution in [0.4, 0.5) is 0 Å². The number of hydrogen-bond donors (Lipinski definition) is 2. The molecule has 0 fully saturated rings. The Morgan fingerprint density at radius 1 is 1.11 bits per heavy atom. The van der Waals surface area contributed by atoms with E-state index in [9.17, 15) is 4.79 Å². The van der Waals surface area contributed by atoms with Crippen molar-refractivity contribution in [2.45, 2.75) is 0 Å². The number of nitrogens with two attached hydrogens (primary N) is 1. The van der Waals surface area contributed by atoms with Crippen LogP contribution in [0.5, 0.6) is 0 Å². The van der Waals surface area contributed by atoms with Crippen molar-refractivity contribution in [3.63, 3.8) is 0 Å². The van der Waals surface area contributed by atoms with Gasteiger partial charge in [-0.05, 0) is 46.9 Å². The Balaban J connectivity index is 2.06. The van der Waals surface area contributed by atoms with Gasteiger partial charge in [0.15, 0.2) is 0 Å². The highest BCUT2D eigenvalue weighted by atomic mass is 127. The average molecular weight is 378 g/mol. The van der Waals surface area contributed by atoms with Crippen LogP contribution < -0.4 is 11.1 Å². The predicted octanol–water partition coefficient (Wildman–Crippen LogP) is 1.01. The number of nitrogens with one attached hydrogen (secondary N) is 1. The van der Waals surface area contributed by atoms with Crippen LogP contribution >= 0.6 is 22.6 Å². The molecule has 0 saturated carbocycles. The van der Waals surface area contributed by atoms with E-state index in [-0.39, 0.29) is 5.91 Å². The zero-order valence-electron chi connectivity index (χ0n) is 10.7. The molecule has 3 N–H and O–H groups in total. The molecule has 0 aliphatic rings. The van der Waals surface area contributed by atoms with Crippen LogP contribution in [0.25, 0.3) is 0 Å². The molecule has 0 radical (unpaired) electrons. The Morgan fingerprint density at radius 3 is 2.37 bits per heavy atom. The second-order valence-electron chi connectivity index (χ2n) is 3.78. The largest absolute Gasteiger partial charge is 0.378 e. The summed E-state index contributed by atoms with van der Waals surface area (Å²) in [4.78, 5) is 11.7. The number of rotatable bonds is 9. The fourth-order valence-electron chi connectivity index (χ4n) is 1.35. The monoisotopic (exact) mass is 378 g/mol. The topological polar surface area (TPSA) is 73.6 Å². The Hall–Kier alpha value is -0.700. The lowest BCUT2D eigenvalue weighted by Gasteiger charge is -2.07. The molecule has 0 aromatic heterocycles. The smallest absolute Gasteiger partial charge is 0.251 e. The predicted molar refractivity (Wildman–Crippen MR) is 82.2 cm³/mol. The summed E-state index contributed by atoms with van der Waals surface area (Å²) in [6.45, 7) is 3.07. The third-order valence-electron chi connectivity index (χ3n) is 2.27. The first-order valence-electron chi connectivity index (χ1n) is 6.13. The fourth-order valence-corrected chi connectivity index (χ4v) is 1.70. The van der Waals surface area contributed by atoms with Gasteiger partial charge in [0.1, 0.15) is 0 Å². The highest BCUT2D eigenvalue weighted by molar-refractivity contribution is 14.1. The lowest BCUT2D eigenvalue weighted by atomic mass is 10.2. The van der Waals surface area contributed by atoms with Gasteiger partial charge in [0.2, 0.25) is 0 Å². The van der Waals surface area contributed by atoms with E-state index in [1.165, 1.54) is 0 Å². The zero-order chi connectivity index (χ0) is 13.9. The minimum atomic E-state index is -0.0839. The molecule has 19 heavy (non-hydrogen) atoms. The van der Waals surface area contributed by atoms with E-state index in [1.54, 1.807) is 12.1 Å². The molecule has 0 aliphatic carbocycles. The summed E-state index contributed by atoms with van der Waals surface area (Å²) in [5, 5.41) is 2.79. The van der Waals surface area contributed by atoms with Crippen LogP contribution in [-0.4, -0.2) is 45.4 Å². The first-order chi connectivity index (χ1) is 9.24. The van der Waals surface area contributed by atoms with E-state index in [1.807, 2.05) is 12.1 Å². The standard InChI is InChI=1S/C13H19IN2O3/c14-12-3-1-11(2-4-12)13(17)16-6-8-19-10-9-18-7-5-15/h1-4H,5-10,15H2,(H,16,17). The Bertz CT molecular complexity index is 371. The number of benzene rings is 1. The van der Waals surface area contributed by atoms with E-state index in [0.29, 0.717) is 45.1 Å². The molecule has 0 unspecified atom stereocenters. The van der Waals surface area contributed by atoms with Gasteiger partial charge in [-0.2, -0.15) is 0 Å². The van der Waals surface area contributed by atoms with Crippen molar-refractivity contribution >= 4 is 28.5 Å². The lowest BCUT2D eigenvalue weighted by Crippen LogP contribution is -2.27. The summed E-state index contributed by atoms with van der Waals surface area (Å²) in [6, 6.07) is 7.42. The maximum atomic E-state index is 11.7. The molecule has 0 heterocycles. The van der Waals surface area contributed by atoms with Crippen molar-refractivity contribution in [3.8, 4) is 0 Å². The van der Waals surface area contributed by atoms with Crippen LogP contribution in [-0.2, 0) is 9.47 Å². The van der Waals surface area contributed by atoms with Crippen molar-refractivity contribution in [3.05, 3.63) is 33.4 Å². The first-order valence-corrected chi connectivity index (χ1v) is 7.21. The van der Waals surface area contributed by atoms with Crippen LogP contribution in [0.15, 0.2) is 24.3 Å². The lowest BCUT2D eigenvalue weighted by molar-refractivity contribution is 0.0511. The first kappa shape index (κ1) is 16.4. The van der Waals surface area contributed by atoms with Crippen molar-refractivity contribution in [1.29, 1.82) is 0 Å². The van der Waals surface area contributed by atoms with Gasteiger partial charge in [-0.15, -0.1) is 0 Å². The van der Waals surface area contributed by atoms with Gasteiger partial charge < -0.3 is 20.5 Å². The molecule has 0 saturated heterocycles. The van der Waals surface area contributed by atoms with Crippen LogP contribution in [0.3, 0.4) is 0 Å². The Kier molecular flexibility index (Phi) is 8.72. The van der Waals surface area contributed by atoms with Crippen molar-refractivity contribution < 1.29 is 14.3 Å². The number of halogens is 1. The van der Waals surface area contributed by atoms with Gasteiger partial charge >= 0.3 is 0 Å². The van der Waals surface area contributed by atoms with E-state index < -0.39 is 0 Å². The normalized spacial score (nSPS) is 10.4. The molecule has 1 aromatic rings. The molecule has 1 aromatic carbocycles. The second kappa shape index (κ2) is 10.1. The molecule has 0 atom stereocenters. The average Bonchev–Trinajstić information content (AvgIpc) is 2.42. The van der Waals surface area contributed by atoms with Crippen molar-refractivity contribution in [1.82, 2.24) is 5.32 Å². The van der Waals surface area contributed by atoms with Gasteiger partial charge in [-0.1, -0.05) is 0 Å². The van der Waals surface area contributed by atoms with Gasteiger partial charge in [0, 0.05) is 22.2 Å². The maximum absolute atomic E-state index is 11.7. The van der Waals surface area contributed by atoms with Crippen molar-refractivity contribution in [2.24, 2.45) is 5.73 Å².